The Hall–Kier alpha value is -1.69. The second-order valence-electron chi connectivity index (χ2n) is 4.72. The Labute approximate surface area is 122 Å². The van der Waals surface area contributed by atoms with Crippen molar-refractivity contribution >= 4 is 23.9 Å². The van der Waals surface area contributed by atoms with Crippen molar-refractivity contribution in [3.63, 3.8) is 0 Å². The molecule has 0 radical (unpaired) electrons. The zero-order valence-corrected chi connectivity index (χ0v) is 12.8. The summed E-state index contributed by atoms with van der Waals surface area (Å²) < 4.78 is 4.86. The van der Waals surface area contributed by atoms with Gasteiger partial charge in [0.2, 0.25) is 0 Å². The summed E-state index contributed by atoms with van der Waals surface area (Å²) in [6, 6.07) is 6.87. The van der Waals surface area contributed by atoms with E-state index < -0.39 is 17.5 Å². The summed E-state index contributed by atoms with van der Waals surface area (Å²) in [6.45, 7) is 5.24. The van der Waals surface area contributed by atoms with Gasteiger partial charge < -0.3 is 4.74 Å². The Bertz CT molecular complexity index is 467. The Morgan fingerprint density at radius 2 is 1.75 bits per heavy atom. The molecule has 1 aromatic carbocycles. The molecule has 0 aliphatic heterocycles. The minimum Gasteiger partial charge on any atom is -0.392 e. The van der Waals surface area contributed by atoms with Crippen molar-refractivity contribution in [1.82, 2.24) is 0 Å². The lowest BCUT2D eigenvalue weighted by Crippen LogP contribution is -2.27. The van der Waals surface area contributed by atoms with Gasteiger partial charge in [-0.1, -0.05) is 6.92 Å². The van der Waals surface area contributed by atoms with E-state index in [2.05, 4.69) is 9.78 Å². The van der Waals surface area contributed by atoms with E-state index in [9.17, 15) is 9.59 Å². The van der Waals surface area contributed by atoms with Gasteiger partial charge in [0, 0.05) is 4.90 Å². The molecule has 6 heteroatoms. The zero-order valence-electron chi connectivity index (χ0n) is 12.0. The maximum atomic E-state index is 11.6. The van der Waals surface area contributed by atoms with E-state index in [1.807, 2.05) is 13.2 Å². The quantitative estimate of drug-likeness (QED) is 0.277. The van der Waals surface area contributed by atoms with Crippen molar-refractivity contribution in [3.8, 4) is 5.75 Å². The number of ether oxygens (including phenoxy) is 1. The highest BCUT2D eigenvalue weighted by atomic mass is 32.2. The first-order valence-electron chi connectivity index (χ1n) is 6.14. The summed E-state index contributed by atoms with van der Waals surface area (Å²) in [5.74, 6) is -0.298. The van der Waals surface area contributed by atoms with Gasteiger partial charge in [0.05, 0.1) is 5.41 Å². The van der Waals surface area contributed by atoms with Gasteiger partial charge in [-0.2, -0.15) is 4.79 Å². The van der Waals surface area contributed by atoms with Crippen LogP contribution in [0.5, 0.6) is 5.75 Å². The molecule has 0 aromatic heterocycles. The molecule has 1 aromatic rings. The number of thioether (sulfide) groups is 1. The predicted molar refractivity (Wildman–Crippen MR) is 75.5 cm³/mol. The van der Waals surface area contributed by atoms with Gasteiger partial charge in [-0.3, -0.25) is 0 Å². The van der Waals surface area contributed by atoms with Crippen LogP contribution >= 0.6 is 11.8 Å². The van der Waals surface area contributed by atoms with E-state index in [0.717, 1.165) is 4.90 Å². The molecule has 1 rings (SSSR count). The van der Waals surface area contributed by atoms with E-state index in [1.54, 1.807) is 49.9 Å². The maximum absolute atomic E-state index is 11.6. The van der Waals surface area contributed by atoms with Gasteiger partial charge in [-0.15, -0.1) is 11.8 Å². The molecule has 0 heterocycles. The first-order valence-corrected chi connectivity index (χ1v) is 7.36. The van der Waals surface area contributed by atoms with Crippen LogP contribution in [0.1, 0.15) is 27.2 Å². The van der Waals surface area contributed by atoms with Crippen molar-refractivity contribution in [2.24, 2.45) is 5.41 Å². The summed E-state index contributed by atoms with van der Waals surface area (Å²) in [5.41, 5.74) is -0.708. The molecule has 0 N–H and O–H groups in total. The summed E-state index contributed by atoms with van der Waals surface area (Å²) in [5, 5.41) is 0. The highest BCUT2D eigenvalue weighted by Crippen LogP contribution is 2.22. The normalized spacial score (nSPS) is 10.8. The van der Waals surface area contributed by atoms with Gasteiger partial charge >= 0.3 is 12.1 Å². The molecular weight excluding hydrogens is 280 g/mol. The van der Waals surface area contributed by atoms with Crippen LogP contribution in [0.4, 0.5) is 4.79 Å². The standard InChI is InChI=1S/C14H18O5S/c1-5-14(2,3)12(15)18-19-13(16)17-10-6-8-11(20-4)9-7-10/h6-9H,5H2,1-4H3. The number of rotatable bonds is 4. The van der Waals surface area contributed by atoms with Gasteiger partial charge in [0.25, 0.3) is 0 Å². The molecule has 0 saturated heterocycles. The maximum Gasteiger partial charge on any atom is 0.555 e. The van der Waals surface area contributed by atoms with E-state index in [1.165, 1.54) is 0 Å². The molecule has 0 spiro atoms. The Kier molecular flexibility index (Phi) is 5.88. The molecule has 110 valence electrons. The fourth-order valence-electron chi connectivity index (χ4n) is 1.09. The van der Waals surface area contributed by atoms with Crippen molar-refractivity contribution < 1.29 is 24.1 Å². The first kappa shape index (κ1) is 16.4. The minimum atomic E-state index is -1.08. The fourth-order valence-corrected chi connectivity index (χ4v) is 1.49. The average molecular weight is 298 g/mol. The van der Waals surface area contributed by atoms with Crippen LogP contribution in [0.2, 0.25) is 0 Å². The van der Waals surface area contributed by atoms with E-state index >= 15 is 0 Å². The molecule has 0 unspecified atom stereocenters. The Morgan fingerprint density at radius 3 is 2.25 bits per heavy atom. The monoisotopic (exact) mass is 298 g/mol. The number of carbonyl (C=O) groups is 2. The SMILES string of the molecule is CCC(C)(C)C(=O)OOC(=O)Oc1ccc(SC)cc1. The Morgan fingerprint density at radius 1 is 1.15 bits per heavy atom. The van der Waals surface area contributed by atoms with Crippen LogP contribution in [-0.2, 0) is 14.6 Å². The second-order valence-corrected chi connectivity index (χ2v) is 5.60. The van der Waals surface area contributed by atoms with Crippen LogP contribution in [0.3, 0.4) is 0 Å². The van der Waals surface area contributed by atoms with Gasteiger partial charge in [0.15, 0.2) is 0 Å². The van der Waals surface area contributed by atoms with Gasteiger partial charge in [0.1, 0.15) is 5.75 Å². The van der Waals surface area contributed by atoms with Crippen molar-refractivity contribution in [2.45, 2.75) is 32.1 Å². The highest BCUT2D eigenvalue weighted by molar-refractivity contribution is 7.98. The molecule has 20 heavy (non-hydrogen) atoms. The van der Waals surface area contributed by atoms with Crippen molar-refractivity contribution in [2.75, 3.05) is 6.26 Å². The largest absolute Gasteiger partial charge is 0.555 e. The molecule has 0 bridgehead atoms. The van der Waals surface area contributed by atoms with Crippen LogP contribution in [0.15, 0.2) is 29.2 Å². The predicted octanol–water partition coefficient (Wildman–Crippen LogP) is 3.82. The minimum absolute atomic E-state index is 0.318. The third kappa shape index (κ3) is 4.77. The molecule has 0 fully saturated rings. The third-order valence-electron chi connectivity index (χ3n) is 2.88. The number of hydrogen-bond acceptors (Lipinski definition) is 6. The molecule has 0 aliphatic carbocycles. The number of carbonyl (C=O) groups excluding carboxylic acids is 2. The van der Waals surface area contributed by atoms with Gasteiger partial charge in [-0.25, -0.2) is 14.6 Å². The molecule has 0 atom stereocenters. The van der Waals surface area contributed by atoms with Crippen LogP contribution < -0.4 is 4.74 Å². The third-order valence-corrected chi connectivity index (χ3v) is 3.63. The molecule has 0 saturated carbocycles. The first-order chi connectivity index (χ1) is 9.39. The molecule has 0 aliphatic rings. The lowest BCUT2D eigenvalue weighted by molar-refractivity contribution is -0.248. The number of hydrogen-bond donors (Lipinski definition) is 0. The average Bonchev–Trinajstić information content (AvgIpc) is 2.45. The van der Waals surface area contributed by atoms with Gasteiger partial charge in [-0.05, 0) is 50.8 Å². The van der Waals surface area contributed by atoms with Crippen LogP contribution in [0, 0.1) is 5.41 Å². The molecular formula is C14H18O5S. The summed E-state index contributed by atoms with van der Waals surface area (Å²) in [4.78, 5) is 32.8. The highest BCUT2D eigenvalue weighted by Gasteiger charge is 2.29. The van der Waals surface area contributed by atoms with Crippen molar-refractivity contribution in [3.05, 3.63) is 24.3 Å². The van der Waals surface area contributed by atoms with E-state index in [-0.39, 0.29) is 0 Å². The molecule has 5 nitrogen and oxygen atoms in total. The summed E-state index contributed by atoms with van der Waals surface area (Å²) in [6.07, 6.45) is 1.43. The summed E-state index contributed by atoms with van der Waals surface area (Å²) in [7, 11) is 0. The lowest BCUT2D eigenvalue weighted by Gasteiger charge is -2.17. The fraction of sp³-hybridized carbons (Fsp3) is 0.429. The van der Waals surface area contributed by atoms with Crippen LogP contribution in [-0.4, -0.2) is 18.4 Å². The lowest BCUT2D eigenvalue weighted by atomic mass is 9.91. The van der Waals surface area contributed by atoms with E-state index in [4.69, 9.17) is 4.74 Å². The topological polar surface area (TPSA) is 61.8 Å². The van der Waals surface area contributed by atoms with E-state index in [0.29, 0.717) is 12.2 Å². The smallest absolute Gasteiger partial charge is 0.392 e. The summed E-state index contributed by atoms with van der Waals surface area (Å²) >= 11 is 1.57. The van der Waals surface area contributed by atoms with Crippen LogP contribution in [0.25, 0.3) is 0 Å². The molecule has 0 amide bonds. The Balaban J connectivity index is 2.45. The van der Waals surface area contributed by atoms with Crippen molar-refractivity contribution in [1.29, 1.82) is 0 Å². The number of benzene rings is 1. The zero-order chi connectivity index (χ0) is 15.2. The second kappa shape index (κ2) is 7.19.